The summed E-state index contributed by atoms with van der Waals surface area (Å²) >= 11 is 6.02. The molecule has 2 aromatic carbocycles. The molecule has 3 rings (SSSR count). The second-order valence-electron chi connectivity index (χ2n) is 7.77. The van der Waals surface area contributed by atoms with E-state index in [1.165, 1.54) is 4.31 Å². The molecule has 32 heavy (non-hydrogen) atoms. The number of ether oxygens (including phenoxy) is 1. The van der Waals surface area contributed by atoms with E-state index in [2.05, 4.69) is 0 Å². The van der Waals surface area contributed by atoms with Crippen molar-refractivity contribution in [3.05, 3.63) is 65.2 Å². The Balaban J connectivity index is 1.67. The predicted molar refractivity (Wildman–Crippen MR) is 132 cm³/mol. The van der Waals surface area contributed by atoms with Crippen molar-refractivity contribution < 1.29 is 13.2 Å². The summed E-state index contributed by atoms with van der Waals surface area (Å²) < 4.78 is 32.9. The standard InChI is InChI=1S/C24H30ClN3O3S/c1-3-32(29,30)28(15-5-7-20-6-4-8-21(25)18-20)22-9-11-23(12-10-22)31-24-13-16-27(17-14-24)19(2)26/h4-12,18,24,26H,3,13-17H2,1-2H3/b7-5+,26-19?. The van der Waals surface area contributed by atoms with Gasteiger partial charge in [-0.25, -0.2) is 8.42 Å². The molecular weight excluding hydrogens is 446 g/mol. The molecule has 1 aliphatic heterocycles. The number of rotatable bonds is 8. The average Bonchev–Trinajstić information content (AvgIpc) is 2.78. The number of benzene rings is 2. The summed E-state index contributed by atoms with van der Waals surface area (Å²) in [5.41, 5.74) is 1.52. The number of nitrogens with one attached hydrogen (secondary N) is 1. The third kappa shape index (κ3) is 6.50. The van der Waals surface area contributed by atoms with Crippen LogP contribution in [0.15, 0.2) is 54.6 Å². The van der Waals surface area contributed by atoms with Gasteiger partial charge in [-0.1, -0.05) is 35.9 Å². The van der Waals surface area contributed by atoms with Crippen LogP contribution in [0.25, 0.3) is 6.08 Å². The van der Waals surface area contributed by atoms with Crippen LogP contribution in [-0.4, -0.2) is 50.6 Å². The molecule has 1 aliphatic rings. The molecule has 0 bridgehead atoms. The second-order valence-corrected chi connectivity index (χ2v) is 10.4. The molecule has 0 amide bonds. The number of likely N-dealkylation sites (tertiary alicyclic amines) is 1. The zero-order chi connectivity index (χ0) is 23.1. The van der Waals surface area contributed by atoms with Crippen molar-refractivity contribution in [1.82, 2.24) is 4.90 Å². The zero-order valence-electron chi connectivity index (χ0n) is 18.5. The minimum atomic E-state index is -3.44. The highest BCUT2D eigenvalue weighted by Gasteiger charge is 2.22. The van der Waals surface area contributed by atoms with E-state index in [0.717, 1.165) is 37.2 Å². The molecule has 0 radical (unpaired) electrons. The van der Waals surface area contributed by atoms with Gasteiger partial charge in [-0.3, -0.25) is 9.71 Å². The lowest BCUT2D eigenvalue weighted by Crippen LogP contribution is -2.40. The Morgan fingerprint density at radius 3 is 2.50 bits per heavy atom. The number of sulfonamides is 1. The van der Waals surface area contributed by atoms with Crippen LogP contribution in [0, 0.1) is 5.41 Å². The van der Waals surface area contributed by atoms with Crippen molar-refractivity contribution in [2.24, 2.45) is 0 Å². The summed E-state index contributed by atoms with van der Waals surface area (Å²) in [6, 6.07) is 14.6. The van der Waals surface area contributed by atoms with E-state index in [1.54, 1.807) is 32.0 Å². The minimum Gasteiger partial charge on any atom is -0.490 e. The fraction of sp³-hybridized carbons (Fsp3) is 0.375. The summed E-state index contributed by atoms with van der Waals surface area (Å²) in [5, 5.41) is 8.37. The first-order chi connectivity index (χ1) is 15.3. The first kappa shape index (κ1) is 24.1. The van der Waals surface area contributed by atoms with Crippen LogP contribution in [0.3, 0.4) is 0 Å². The van der Waals surface area contributed by atoms with Gasteiger partial charge < -0.3 is 9.64 Å². The van der Waals surface area contributed by atoms with Gasteiger partial charge in [-0.15, -0.1) is 0 Å². The Hall–Kier alpha value is -2.51. The predicted octanol–water partition coefficient (Wildman–Crippen LogP) is 5.05. The molecule has 8 heteroatoms. The molecule has 172 valence electrons. The monoisotopic (exact) mass is 475 g/mol. The highest BCUT2D eigenvalue weighted by molar-refractivity contribution is 7.92. The molecule has 1 saturated heterocycles. The molecule has 0 atom stereocenters. The number of amidine groups is 1. The van der Waals surface area contributed by atoms with Crippen molar-refractivity contribution in [1.29, 1.82) is 5.41 Å². The van der Waals surface area contributed by atoms with Crippen molar-refractivity contribution in [2.75, 3.05) is 29.7 Å². The van der Waals surface area contributed by atoms with Gasteiger partial charge in [0, 0.05) is 31.0 Å². The number of piperidine rings is 1. The van der Waals surface area contributed by atoms with Gasteiger partial charge in [0.1, 0.15) is 11.9 Å². The van der Waals surface area contributed by atoms with Crippen molar-refractivity contribution in [3.63, 3.8) is 0 Å². The molecule has 0 spiro atoms. The van der Waals surface area contributed by atoms with E-state index < -0.39 is 10.0 Å². The van der Waals surface area contributed by atoms with Crippen LogP contribution in [0.1, 0.15) is 32.3 Å². The topological polar surface area (TPSA) is 73.7 Å². The number of hydrogen-bond acceptors (Lipinski definition) is 4. The van der Waals surface area contributed by atoms with Gasteiger partial charge in [-0.2, -0.15) is 0 Å². The molecule has 6 nitrogen and oxygen atoms in total. The first-order valence-corrected chi connectivity index (χ1v) is 12.8. The third-order valence-electron chi connectivity index (χ3n) is 5.47. The summed E-state index contributed by atoms with van der Waals surface area (Å²) in [6.07, 6.45) is 5.52. The maximum Gasteiger partial charge on any atom is 0.235 e. The first-order valence-electron chi connectivity index (χ1n) is 10.8. The van der Waals surface area contributed by atoms with Gasteiger partial charge in [-0.05, 0) is 55.8 Å². The summed E-state index contributed by atoms with van der Waals surface area (Å²) in [6.45, 7) is 5.31. The molecule has 1 N–H and O–H groups in total. The minimum absolute atomic E-state index is 0.0151. The van der Waals surface area contributed by atoms with Gasteiger partial charge >= 0.3 is 0 Å². The smallest absolute Gasteiger partial charge is 0.235 e. The van der Waals surface area contributed by atoms with Gasteiger partial charge in [0.25, 0.3) is 0 Å². The van der Waals surface area contributed by atoms with Crippen LogP contribution in [0.5, 0.6) is 5.75 Å². The molecular formula is C24H30ClN3O3S. The van der Waals surface area contributed by atoms with Crippen LogP contribution in [0.2, 0.25) is 5.02 Å². The van der Waals surface area contributed by atoms with Crippen LogP contribution in [-0.2, 0) is 10.0 Å². The molecule has 0 saturated carbocycles. The quantitative estimate of drug-likeness (QED) is 0.428. The van der Waals surface area contributed by atoms with Crippen molar-refractivity contribution in [3.8, 4) is 5.75 Å². The highest BCUT2D eigenvalue weighted by atomic mass is 35.5. The Morgan fingerprint density at radius 2 is 1.91 bits per heavy atom. The van der Waals surface area contributed by atoms with E-state index >= 15 is 0 Å². The average molecular weight is 476 g/mol. The van der Waals surface area contributed by atoms with Gasteiger partial charge in [0.15, 0.2) is 0 Å². The highest BCUT2D eigenvalue weighted by Crippen LogP contribution is 2.25. The summed E-state index contributed by atoms with van der Waals surface area (Å²) in [4.78, 5) is 2.05. The van der Waals surface area contributed by atoms with Crippen LogP contribution >= 0.6 is 11.6 Å². The van der Waals surface area contributed by atoms with Gasteiger partial charge in [0.2, 0.25) is 10.0 Å². The van der Waals surface area contributed by atoms with E-state index in [1.807, 2.05) is 47.4 Å². The van der Waals surface area contributed by atoms with Crippen molar-refractivity contribution >= 4 is 39.2 Å². The lowest BCUT2D eigenvalue weighted by Gasteiger charge is -2.32. The number of nitrogens with zero attached hydrogens (tertiary/aromatic N) is 2. The normalized spacial score (nSPS) is 15.2. The fourth-order valence-electron chi connectivity index (χ4n) is 3.62. The summed E-state index contributed by atoms with van der Waals surface area (Å²) in [5.74, 6) is 1.33. The van der Waals surface area contributed by atoms with Crippen LogP contribution in [0.4, 0.5) is 5.69 Å². The number of hydrogen-bond donors (Lipinski definition) is 1. The Morgan fingerprint density at radius 1 is 1.22 bits per heavy atom. The fourth-order valence-corrected chi connectivity index (χ4v) is 4.89. The molecule has 1 fully saturated rings. The summed E-state index contributed by atoms with van der Waals surface area (Å²) in [7, 11) is -3.44. The zero-order valence-corrected chi connectivity index (χ0v) is 20.1. The molecule has 0 aromatic heterocycles. The third-order valence-corrected chi connectivity index (χ3v) is 7.47. The van der Waals surface area contributed by atoms with E-state index in [0.29, 0.717) is 16.5 Å². The van der Waals surface area contributed by atoms with E-state index in [-0.39, 0.29) is 18.4 Å². The van der Waals surface area contributed by atoms with E-state index in [4.69, 9.17) is 21.7 Å². The SMILES string of the molecule is CCS(=O)(=O)N(C/C=C/c1cccc(Cl)c1)c1ccc(OC2CCN(C(C)=N)CC2)cc1. The Kier molecular flexibility index (Phi) is 8.21. The Labute approximate surface area is 196 Å². The van der Waals surface area contributed by atoms with Gasteiger partial charge in [0.05, 0.1) is 23.8 Å². The molecule has 0 unspecified atom stereocenters. The molecule has 0 aliphatic carbocycles. The maximum absolute atomic E-state index is 12.7. The lowest BCUT2D eigenvalue weighted by atomic mass is 10.1. The molecule has 2 aromatic rings. The number of halogens is 1. The molecule has 1 heterocycles. The lowest BCUT2D eigenvalue weighted by molar-refractivity contribution is 0.130. The Bertz CT molecular complexity index is 1050. The number of anilines is 1. The maximum atomic E-state index is 12.7. The second kappa shape index (κ2) is 10.9. The van der Waals surface area contributed by atoms with E-state index in [9.17, 15) is 8.42 Å². The largest absolute Gasteiger partial charge is 0.490 e. The van der Waals surface area contributed by atoms with Crippen molar-refractivity contribution in [2.45, 2.75) is 32.8 Å². The van der Waals surface area contributed by atoms with Crippen LogP contribution < -0.4 is 9.04 Å².